The molecule has 2 saturated heterocycles. The second kappa shape index (κ2) is 6.49. The molecule has 0 radical (unpaired) electrons. The number of carbonyl (C=O) groups excluding carboxylic acids is 1. The van der Waals surface area contributed by atoms with E-state index >= 15 is 0 Å². The molecule has 1 atom stereocenters. The van der Waals surface area contributed by atoms with Crippen molar-refractivity contribution in [1.29, 1.82) is 0 Å². The van der Waals surface area contributed by atoms with Gasteiger partial charge in [0.25, 0.3) is 0 Å². The molecule has 2 fully saturated rings. The summed E-state index contributed by atoms with van der Waals surface area (Å²) in [5, 5.41) is 3.40. The first kappa shape index (κ1) is 15.0. The molecule has 0 spiro atoms. The number of hydrogen-bond acceptors (Lipinski definition) is 4. The fraction of sp³-hybridized carbons (Fsp3) is 0.611. The molecule has 23 heavy (non-hydrogen) atoms. The van der Waals surface area contributed by atoms with E-state index in [1.54, 1.807) is 0 Å². The summed E-state index contributed by atoms with van der Waals surface area (Å²) in [5.41, 5.74) is 2.62. The van der Waals surface area contributed by atoms with E-state index in [-0.39, 0.29) is 0 Å². The van der Waals surface area contributed by atoms with Crippen LogP contribution in [0.25, 0.3) is 0 Å². The number of amides is 1. The highest BCUT2D eigenvalue weighted by atomic mass is 16.2. The van der Waals surface area contributed by atoms with Crippen molar-refractivity contribution in [2.45, 2.75) is 18.9 Å². The Kier molecular flexibility index (Phi) is 4.23. The Bertz CT molecular complexity index is 570. The van der Waals surface area contributed by atoms with E-state index in [1.807, 2.05) is 0 Å². The third kappa shape index (κ3) is 3.08. The number of fused-ring (bicyclic) bond motifs is 1. The zero-order valence-electron chi connectivity index (χ0n) is 13.7. The third-order valence-electron chi connectivity index (χ3n) is 5.49. The lowest BCUT2D eigenvalue weighted by Crippen LogP contribution is -2.49. The van der Waals surface area contributed by atoms with E-state index in [2.05, 4.69) is 44.3 Å². The molecule has 1 aromatic carbocycles. The fourth-order valence-corrected chi connectivity index (χ4v) is 4.15. The van der Waals surface area contributed by atoms with Crippen molar-refractivity contribution in [3.63, 3.8) is 0 Å². The number of likely N-dealkylation sites (tertiary alicyclic amines) is 1. The topological polar surface area (TPSA) is 38.8 Å². The molecule has 1 aromatic rings. The maximum atomic E-state index is 12.7. The van der Waals surface area contributed by atoms with Gasteiger partial charge in [0.05, 0.1) is 6.54 Å². The van der Waals surface area contributed by atoms with Crippen LogP contribution in [0.4, 0.5) is 5.69 Å². The summed E-state index contributed by atoms with van der Waals surface area (Å²) in [7, 11) is 0. The van der Waals surface area contributed by atoms with Crippen LogP contribution in [-0.2, 0) is 11.2 Å². The molecule has 3 heterocycles. The van der Waals surface area contributed by atoms with Gasteiger partial charge < -0.3 is 15.1 Å². The lowest BCUT2D eigenvalue weighted by atomic mass is 10.2. The zero-order valence-corrected chi connectivity index (χ0v) is 13.7. The van der Waals surface area contributed by atoms with Gasteiger partial charge in [0.15, 0.2) is 0 Å². The number of piperazine rings is 1. The number of carbonyl (C=O) groups is 1. The zero-order chi connectivity index (χ0) is 15.6. The van der Waals surface area contributed by atoms with E-state index in [0.29, 0.717) is 18.5 Å². The molecule has 0 bridgehead atoms. The minimum absolute atomic E-state index is 0.291. The van der Waals surface area contributed by atoms with Gasteiger partial charge in [-0.3, -0.25) is 9.69 Å². The normalized spacial score (nSPS) is 25.0. The van der Waals surface area contributed by atoms with Crippen LogP contribution in [0.3, 0.4) is 0 Å². The molecular weight excluding hydrogens is 288 g/mol. The second-order valence-corrected chi connectivity index (χ2v) is 6.87. The van der Waals surface area contributed by atoms with Crippen molar-refractivity contribution < 1.29 is 4.79 Å². The Balaban J connectivity index is 1.34. The first-order chi connectivity index (χ1) is 11.3. The van der Waals surface area contributed by atoms with E-state index < -0.39 is 0 Å². The summed E-state index contributed by atoms with van der Waals surface area (Å²) in [6.45, 7) is 7.73. The Hall–Kier alpha value is -1.59. The number of nitrogens with zero attached hydrogens (tertiary/aromatic N) is 3. The SMILES string of the molecule is O=C(CN1CCc2ccccc21)N1CCC(N2CCNCC2)C1. The number of rotatable bonds is 3. The van der Waals surface area contributed by atoms with Crippen LogP contribution >= 0.6 is 0 Å². The Morgan fingerprint density at radius 2 is 1.96 bits per heavy atom. The predicted octanol–water partition coefficient (Wildman–Crippen LogP) is 0.555. The Morgan fingerprint density at radius 1 is 1.13 bits per heavy atom. The second-order valence-electron chi connectivity index (χ2n) is 6.87. The van der Waals surface area contributed by atoms with Crippen molar-refractivity contribution in [3.8, 4) is 0 Å². The number of hydrogen-bond donors (Lipinski definition) is 1. The number of benzene rings is 1. The quantitative estimate of drug-likeness (QED) is 0.885. The molecule has 5 nitrogen and oxygen atoms in total. The molecule has 1 amide bonds. The molecule has 4 rings (SSSR count). The van der Waals surface area contributed by atoms with Gasteiger partial charge in [-0.1, -0.05) is 18.2 Å². The minimum Gasteiger partial charge on any atom is -0.362 e. The molecule has 0 aliphatic carbocycles. The first-order valence-corrected chi connectivity index (χ1v) is 8.86. The van der Waals surface area contributed by atoms with E-state index in [4.69, 9.17) is 0 Å². The van der Waals surface area contributed by atoms with Crippen LogP contribution in [0.1, 0.15) is 12.0 Å². The summed E-state index contributed by atoms with van der Waals surface area (Å²) in [6, 6.07) is 9.03. The smallest absolute Gasteiger partial charge is 0.242 e. The van der Waals surface area contributed by atoms with Crippen LogP contribution in [0.2, 0.25) is 0 Å². The average molecular weight is 314 g/mol. The van der Waals surface area contributed by atoms with E-state index in [0.717, 1.165) is 58.7 Å². The minimum atomic E-state index is 0.291. The Morgan fingerprint density at radius 3 is 2.83 bits per heavy atom. The third-order valence-corrected chi connectivity index (χ3v) is 5.49. The van der Waals surface area contributed by atoms with Crippen LogP contribution in [-0.4, -0.2) is 74.1 Å². The van der Waals surface area contributed by atoms with Gasteiger partial charge in [-0.15, -0.1) is 0 Å². The lowest BCUT2D eigenvalue weighted by molar-refractivity contribution is -0.128. The van der Waals surface area contributed by atoms with Crippen molar-refractivity contribution in [3.05, 3.63) is 29.8 Å². The first-order valence-electron chi connectivity index (χ1n) is 8.86. The molecule has 5 heteroatoms. The molecule has 3 aliphatic rings. The van der Waals surface area contributed by atoms with Crippen molar-refractivity contribution in [2.75, 3.05) is 57.3 Å². The van der Waals surface area contributed by atoms with Crippen molar-refractivity contribution in [2.24, 2.45) is 0 Å². The van der Waals surface area contributed by atoms with Gasteiger partial charge in [-0.05, 0) is 24.5 Å². The van der Waals surface area contributed by atoms with Crippen LogP contribution in [0.5, 0.6) is 0 Å². The van der Waals surface area contributed by atoms with E-state index in [9.17, 15) is 4.79 Å². The molecule has 3 aliphatic heterocycles. The van der Waals surface area contributed by atoms with Crippen LogP contribution < -0.4 is 10.2 Å². The molecule has 0 saturated carbocycles. The standard InChI is InChI=1S/C18H26N4O/c23-18(14-21-9-5-15-3-1-2-4-17(15)21)22-10-6-16(13-22)20-11-7-19-8-12-20/h1-4,16,19H,5-14H2. The Labute approximate surface area is 138 Å². The van der Waals surface area contributed by atoms with Gasteiger partial charge in [0.2, 0.25) is 5.91 Å². The predicted molar refractivity (Wildman–Crippen MR) is 91.8 cm³/mol. The van der Waals surface area contributed by atoms with Crippen molar-refractivity contribution >= 4 is 11.6 Å². The maximum absolute atomic E-state index is 12.7. The van der Waals surface area contributed by atoms with Gasteiger partial charge in [-0.25, -0.2) is 0 Å². The number of anilines is 1. The van der Waals surface area contributed by atoms with Crippen LogP contribution in [0, 0.1) is 0 Å². The molecule has 124 valence electrons. The summed E-state index contributed by atoms with van der Waals surface area (Å²) < 4.78 is 0. The van der Waals surface area contributed by atoms with E-state index in [1.165, 1.54) is 11.3 Å². The van der Waals surface area contributed by atoms with Gasteiger partial charge in [-0.2, -0.15) is 0 Å². The highest BCUT2D eigenvalue weighted by molar-refractivity contribution is 5.82. The van der Waals surface area contributed by atoms with Crippen LogP contribution in [0.15, 0.2) is 24.3 Å². The van der Waals surface area contributed by atoms with Gasteiger partial charge in [0, 0.05) is 57.5 Å². The highest BCUT2D eigenvalue weighted by Gasteiger charge is 2.32. The summed E-state index contributed by atoms with van der Waals surface area (Å²) in [4.78, 5) is 19.6. The molecule has 1 N–H and O–H groups in total. The number of nitrogens with one attached hydrogen (secondary N) is 1. The maximum Gasteiger partial charge on any atom is 0.242 e. The van der Waals surface area contributed by atoms with Crippen molar-refractivity contribution in [1.82, 2.24) is 15.1 Å². The summed E-state index contributed by atoms with van der Waals surface area (Å²) in [6.07, 6.45) is 2.19. The molecular formula is C18H26N4O. The summed E-state index contributed by atoms with van der Waals surface area (Å²) in [5.74, 6) is 0.291. The highest BCUT2D eigenvalue weighted by Crippen LogP contribution is 2.27. The summed E-state index contributed by atoms with van der Waals surface area (Å²) >= 11 is 0. The molecule has 1 unspecified atom stereocenters. The number of para-hydroxylation sites is 1. The average Bonchev–Trinajstić information content (AvgIpc) is 3.24. The largest absolute Gasteiger partial charge is 0.362 e. The fourth-order valence-electron chi connectivity index (χ4n) is 4.15. The van der Waals surface area contributed by atoms with Gasteiger partial charge >= 0.3 is 0 Å². The molecule has 0 aromatic heterocycles. The monoisotopic (exact) mass is 314 g/mol. The lowest BCUT2D eigenvalue weighted by Gasteiger charge is -2.32. The van der Waals surface area contributed by atoms with Gasteiger partial charge in [0.1, 0.15) is 0 Å².